The van der Waals surface area contributed by atoms with Crippen LogP contribution in [0.2, 0.25) is 0 Å². The van der Waals surface area contributed by atoms with Crippen LogP contribution in [0.5, 0.6) is 5.75 Å². The number of hydrogen-bond donors (Lipinski definition) is 1. The molecule has 0 saturated carbocycles. The van der Waals surface area contributed by atoms with Crippen molar-refractivity contribution in [2.24, 2.45) is 0 Å². The smallest absolute Gasteiger partial charge is 0.255 e. The predicted octanol–water partition coefficient (Wildman–Crippen LogP) is 3.76. The van der Waals surface area contributed by atoms with Crippen LogP contribution in [0.25, 0.3) is 22.3 Å². The van der Waals surface area contributed by atoms with Gasteiger partial charge < -0.3 is 14.5 Å². The van der Waals surface area contributed by atoms with Crippen molar-refractivity contribution in [3.05, 3.63) is 47.8 Å². The highest BCUT2D eigenvalue weighted by molar-refractivity contribution is 7.90. The van der Waals surface area contributed by atoms with Crippen LogP contribution < -0.4 is 15.1 Å². The molecule has 3 rings (SSSR count). The van der Waals surface area contributed by atoms with Crippen LogP contribution in [0.4, 0.5) is 10.1 Å². The Bertz CT molecular complexity index is 1220. The Balaban J connectivity index is 2.28. The van der Waals surface area contributed by atoms with E-state index in [-0.39, 0.29) is 11.3 Å². The van der Waals surface area contributed by atoms with Crippen LogP contribution in [-0.2, 0) is 14.7 Å². The zero-order valence-electron chi connectivity index (χ0n) is 18.3. The molecule has 3 aromatic rings. The van der Waals surface area contributed by atoms with E-state index in [0.29, 0.717) is 41.0 Å². The lowest BCUT2D eigenvalue weighted by molar-refractivity contribution is 0.0964. The van der Waals surface area contributed by atoms with Crippen molar-refractivity contribution in [2.45, 2.75) is 13.3 Å². The van der Waals surface area contributed by atoms with Crippen LogP contribution in [-0.4, -0.2) is 47.2 Å². The van der Waals surface area contributed by atoms with Crippen molar-refractivity contribution >= 4 is 32.4 Å². The molecule has 1 aromatic heterocycles. The number of nitrogens with zero attached hydrogens (tertiary/aromatic N) is 1. The van der Waals surface area contributed by atoms with E-state index in [1.54, 1.807) is 12.1 Å². The molecule has 32 heavy (non-hydrogen) atoms. The van der Waals surface area contributed by atoms with Crippen LogP contribution in [0, 0.1) is 5.82 Å². The quantitative estimate of drug-likeness (QED) is 0.482. The number of halogens is 1. The fourth-order valence-corrected chi connectivity index (χ4v) is 3.89. The highest BCUT2D eigenvalue weighted by Crippen LogP contribution is 2.40. The summed E-state index contributed by atoms with van der Waals surface area (Å²) in [5, 5.41) is 4.24. The highest BCUT2D eigenvalue weighted by atomic mass is 32.2. The summed E-state index contributed by atoms with van der Waals surface area (Å²) in [6.07, 6.45) is 1.80. The first-order valence-corrected chi connectivity index (χ1v) is 11.9. The number of carbonyl (C=O) groups is 1. The summed E-state index contributed by atoms with van der Waals surface area (Å²) in [7, 11) is -0.581. The summed E-state index contributed by atoms with van der Waals surface area (Å²) in [5.41, 5.74) is 1.42. The van der Waals surface area contributed by atoms with Crippen molar-refractivity contribution in [3.63, 3.8) is 0 Å². The lowest BCUT2D eigenvalue weighted by Crippen LogP contribution is -2.28. The molecule has 172 valence electrons. The molecule has 1 N–H and O–H groups in total. The number of anilines is 1. The fourth-order valence-electron chi connectivity index (χ4n) is 3.22. The molecule has 0 aliphatic heterocycles. The van der Waals surface area contributed by atoms with Crippen molar-refractivity contribution < 1.29 is 31.6 Å². The van der Waals surface area contributed by atoms with E-state index in [2.05, 4.69) is 5.32 Å². The van der Waals surface area contributed by atoms with E-state index < -0.39 is 27.4 Å². The zero-order chi connectivity index (χ0) is 23.5. The number of furan rings is 1. The minimum Gasteiger partial charge on any atom is -0.491 e. The SMILES string of the molecule is CCCOc1cc2c(C(=O)NC)c(-c3ccc(F)cc3)oc2cc1N(CS(C)(=O)=O)OC. The van der Waals surface area contributed by atoms with Gasteiger partial charge in [0.05, 0.1) is 19.3 Å². The molecule has 2 aromatic carbocycles. The first-order valence-electron chi connectivity index (χ1n) is 9.89. The molecular formula is C22H25FN2O6S. The second-order valence-corrected chi connectivity index (χ2v) is 9.28. The Labute approximate surface area is 185 Å². The molecule has 0 aliphatic rings. The Morgan fingerprint density at radius 3 is 2.47 bits per heavy atom. The van der Waals surface area contributed by atoms with Crippen LogP contribution in [0.3, 0.4) is 0 Å². The van der Waals surface area contributed by atoms with E-state index in [4.69, 9.17) is 14.0 Å². The predicted molar refractivity (Wildman–Crippen MR) is 120 cm³/mol. The van der Waals surface area contributed by atoms with Gasteiger partial charge in [0, 0.05) is 30.3 Å². The molecular weight excluding hydrogens is 439 g/mol. The van der Waals surface area contributed by atoms with Gasteiger partial charge in [-0.2, -0.15) is 0 Å². The first kappa shape index (κ1) is 23.6. The molecule has 0 bridgehead atoms. The maximum Gasteiger partial charge on any atom is 0.255 e. The summed E-state index contributed by atoms with van der Waals surface area (Å²) in [6.45, 7) is 2.30. The molecule has 0 fully saturated rings. The number of carbonyl (C=O) groups excluding carboxylic acids is 1. The van der Waals surface area contributed by atoms with Gasteiger partial charge in [0.2, 0.25) is 0 Å². The molecule has 1 amide bonds. The second kappa shape index (κ2) is 9.58. The van der Waals surface area contributed by atoms with Gasteiger partial charge in [-0.25, -0.2) is 17.9 Å². The molecule has 1 heterocycles. The number of hydrogen-bond acceptors (Lipinski definition) is 7. The van der Waals surface area contributed by atoms with Gasteiger partial charge in [-0.1, -0.05) is 6.92 Å². The van der Waals surface area contributed by atoms with Crippen molar-refractivity contribution in [1.29, 1.82) is 0 Å². The maximum atomic E-state index is 13.4. The largest absolute Gasteiger partial charge is 0.491 e. The van der Waals surface area contributed by atoms with Crippen LogP contribution in [0.15, 0.2) is 40.8 Å². The van der Waals surface area contributed by atoms with E-state index in [1.807, 2.05) is 6.92 Å². The zero-order valence-corrected chi connectivity index (χ0v) is 19.1. The minimum absolute atomic E-state index is 0.255. The van der Waals surface area contributed by atoms with Crippen molar-refractivity contribution in [2.75, 3.05) is 38.0 Å². The van der Waals surface area contributed by atoms with Gasteiger partial charge in [-0.3, -0.25) is 9.63 Å². The summed E-state index contributed by atoms with van der Waals surface area (Å²) in [4.78, 5) is 18.0. The average Bonchev–Trinajstić information content (AvgIpc) is 3.13. The third kappa shape index (κ3) is 5.03. The van der Waals surface area contributed by atoms with Gasteiger partial charge >= 0.3 is 0 Å². The Hall–Kier alpha value is -3.11. The normalized spacial score (nSPS) is 11.5. The number of rotatable bonds is 9. The van der Waals surface area contributed by atoms with Gasteiger partial charge in [0.15, 0.2) is 9.84 Å². The molecule has 0 atom stereocenters. The molecule has 0 spiro atoms. The van der Waals surface area contributed by atoms with E-state index in [9.17, 15) is 17.6 Å². The Morgan fingerprint density at radius 1 is 1.22 bits per heavy atom. The summed E-state index contributed by atoms with van der Waals surface area (Å²) in [5.74, 6) is -0.630. The van der Waals surface area contributed by atoms with Crippen molar-refractivity contribution in [1.82, 2.24) is 5.32 Å². The number of nitrogens with one attached hydrogen (secondary N) is 1. The van der Waals surface area contributed by atoms with Gasteiger partial charge in [0.25, 0.3) is 5.91 Å². The summed E-state index contributed by atoms with van der Waals surface area (Å²) < 4.78 is 49.1. The van der Waals surface area contributed by atoms with Gasteiger partial charge in [-0.15, -0.1) is 0 Å². The Kier molecular flexibility index (Phi) is 7.05. The number of amides is 1. The first-order chi connectivity index (χ1) is 15.2. The molecule has 0 saturated heterocycles. The fraction of sp³-hybridized carbons (Fsp3) is 0.318. The third-order valence-electron chi connectivity index (χ3n) is 4.63. The van der Waals surface area contributed by atoms with Gasteiger partial charge in [0.1, 0.15) is 34.5 Å². The highest BCUT2D eigenvalue weighted by Gasteiger charge is 2.26. The van der Waals surface area contributed by atoms with Gasteiger partial charge in [-0.05, 0) is 36.8 Å². The van der Waals surface area contributed by atoms with Crippen LogP contribution in [0.1, 0.15) is 23.7 Å². The number of benzene rings is 2. The minimum atomic E-state index is -3.43. The monoisotopic (exact) mass is 464 g/mol. The molecule has 10 heteroatoms. The second-order valence-electron chi connectivity index (χ2n) is 7.17. The molecule has 0 radical (unpaired) electrons. The third-order valence-corrected chi connectivity index (χ3v) is 5.34. The van der Waals surface area contributed by atoms with Crippen LogP contribution >= 0.6 is 0 Å². The standard InChI is InChI=1S/C22H25FN2O6S/c1-5-10-30-19-11-16-18(12-17(19)25(29-3)13-32(4,27)28)31-21(20(16)22(26)24-2)14-6-8-15(23)9-7-14/h6-9,11-12H,5,10,13H2,1-4H3,(H,24,26). The average molecular weight is 465 g/mol. The topological polar surface area (TPSA) is 98.1 Å². The lowest BCUT2D eigenvalue weighted by atomic mass is 10.0. The molecule has 0 aliphatic carbocycles. The van der Waals surface area contributed by atoms with E-state index in [0.717, 1.165) is 6.26 Å². The summed E-state index contributed by atoms with van der Waals surface area (Å²) in [6, 6.07) is 8.76. The van der Waals surface area contributed by atoms with Crippen molar-refractivity contribution in [3.8, 4) is 17.1 Å². The number of fused-ring (bicyclic) bond motifs is 1. The number of ether oxygens (including phenoxy) is 1. The molecule has 0 unspecified atom stereocenters. The van der Waals surface area contributed by atoms with E-state index in [1.165, 1.54) is 43.5 Å². The summed E-state index contributed by atoms with van der Waals surface area (Å²) >= 11 is 0. The van der Waals surface area contributed by atoms with E-state index >= 15 is 0 Å². The molecule has 8 nitrogen and oxygen atoms in total. The Morgan fingerprint density at radius 2 is 1.91 bits per heavy atom. The lowest BCUT2D eigenvalue weighted by Gasteiger charge is -2.23. The number of hydroxylamine groups is 1. The maximum absolute atomic E-state index is 13.4. The number of sulfone groups is 1.